The Morgan fingerprint density at radius 3 is 2.83 bits per heavy atom. The van der Waals surface area contributed by atoms with Crippen LogP contribution in [0, 0.1) is 0 Å². The molecule has 1 aliphatic heterocycles. The van der Waals surface area contributed by atoms with Crippen molar-refractivity contribution >= 4 is 29.6 Å². The highest BCUT2D eigenvalue weighted by atomic mass is 16.3. The van der Waals surface area contributed by atoms with E-state index in [0.717, 1.165) is 21.8 Å². The molecule has 0 bridgehead atoms. The molecule has 1 aliphatic rings. The number of nitrogens with zero attached hydrogens (tertiary/aromatic N) is 3. The second kappa shape index (κ2) is 5.42. The molecule has 0 fully saturated rings. The number of hydrogen-bond donors (Lipinski definition) is 3. The van der Waals surface area contributed by atoms with Crippen molar-refractivity contribution in [2.24, 2.45) is 10.2 Å². The quantitative estimate of drug-likeness (QED) is 0.695. The zero-order valence-electron chi connectivity index (χ0n) is 12.1. The standard InChI is InChI=1S/C17H13N5O/c23-16-15(9-11-6-7-12-10-18-22-14(12)8-11)20-17(21-16)19-13-4-2-1-3-5-13/h1-10,23H,(H2,19,20,21). The van der Waals surface area contributed by atoms with Crippen LogP contribution < -0.4 is 15.8 Å². The molecule has 2 heterocycles. The molecule has 6 heteroatoms. The van der Waals surface area contributed by atoms with Gasteiger partial charge in [-0.15, -0.1) is 0 Å². The fraction of sp³-hybridized carbons (Fsp3) is 0. The monoisotopic (exact) mass is 303 g/mol. The lowest BCUT2D eigenvalue weighted by atomic mass is 10.2. The van der Waals surface area contributed by atoms with Crippen molar-refractivity contribution in [3.8, 4) is 5.88 Å². The number of azo groups is 1. The molecule has 0 atom stereocenters. The van der Waals surface area contributed by atoms with Crippen LogP contribution >= 0.6 is 0 Å². The van der Waals surface area contributed by atoms with Gasteiger partial charge in [0.2, 0.25) is 11.8 Å². The molecule has 0 amide bonds. The van der Waals surface area contributed by atoms with Crippen LogP contribution in [0.15, 0.2) is 58.8 Å². The molecule has 3 aromatic rings. The molecule has 0 spiro atoms. The van der Waals surface area contributed by atoms with Crippen LogP contribution in [0.4, 0.5) is 17.3 Å². The summed E-state index contributed by atoms with van der Waals surface area (Å²) in [5.41, 5.74) is 2.24. The van der Waals surface area contributed by atoms with Gasteiger partial charge in [-0.3, -0.25) is 0 Å². The summed E-state index contributed by atoms with van der Waals surface area (Å²) in [4.78, 5) is 7.14. The second-order valence-corrected chi connectivity index (χ2v) is 5.12. The largest absolute Gasteiger partial charge is 0.492 e. The average Bonchev–Trinajstić information content (AvgIpc) is 3.15. The normalized spacial score (nSPS) is 13.0. The van der Waals surface area contributed by atoms with Crippen LogP contribution in [0.5, 0.6) is 5.88 Å². The number of aromatic amines is 1. The maximum atomic E-state index is 10.0. The first-order chi connectivity index (χ1) is 11.3. The van der Waals surface area contributed by atoms with Crippen molar-refractivity contribution in [1.82, 2.24) is 9.97 Å². The lowest BCUT2D eigenvalue weighted by molar-refractivity contribution is 0.455. The summed E-state index contributed by atoms with van der Waals surface area (Å²) in [6.07, 6.45) is 3.53. The number of imidazole rings is 1. The van der Waals surface area contributed by atoms with Gasteiger partial charge >= 0.3 is 0 Å². The highest BCUT2D eigenvalue weighted by Gasteiger charge is 2.07. The third-order valence-corrected chi connectivity index (χ3v) is 3.48. The number of hydrogen-bond acceptors (Lipinski definition) is 5. The van der Waals surface area contributed by atoms with E-state index in [0.29, 0.717) is 11.6 Å². The first-order valence-corrected chi connectivity index (χ1v) is 7.12. The Morgan fingerprint density at radius 2 is 1.96 bits per heavy atom. The fourth-order valence-electron chi connectivity index (χ4n) is 2.36. The Balaban J connectivity index is 1.66. The average molecular weight is 303 g/mol. The first kappa shape index (κ1) is 13.3. The molecule has 6 nitrogen and oxygen atoms in total. The predicted molar refractivity (Wildman–Crippen MR) is 88.2 cm³/mol. The van der Waals surface area contributed by atoms with Gasteiger partial charge in [0.05, 0.1) is 11.9 Å². The number of fused-ring (bicyclic) bond motifs is 1. The molecule has 0 saturated heterocycles. The summed E-state index contributed by atoms with van der Waals surface area (Å²) in [7, 11) is 0. The van der Waals surface area contributed by atoms with Gasteiger partial charge in [0.15, 0.2) is 0 Å². The lowest BCUT2D eigenvalue weighted by Gasteiger charge is -2.00. The summed E-state index contributed by atoms with van der Waals surface area (Å²) in [6.45, 7) is 0. The number of nitrogens with one attached hydrogen (secondary N) is 2. The number of aromatic hydroxyl groups is 1. The fourth-order valence-corrected chi connectivity index (χ4v) is 2.36. The molecule has 0 saturated carbocycles. The first-order valence-electron chi connectivity index (χ1n) is 7.12. The molecule has 2 aromatic carbocycles. The van der Waals surface area contributed by atoms with E-state index in [1.54, 1.807) is 6.20 Å². The van der Waals surface area contributed by atoms with Crippen LogP contribution in [-0.4, -0.2) is 15.1 Å². The molecule has 0 radical (unpaired) electrons. The minimum absolute atomic E-state index is 0.0582. The summed E-state index contributed by atoms with van der Waals surface area (Å²) in [6, 6.07) is 15.4. The van der Waals surface area contributed by atoms with Gasteiger partial charge in [-0.25, -0.2) is 0 Å². The van der Waals surface area contributed by atoms with E-state index < -0.39 is 0 Å². The Kier molecular flexibility index (Phi) is 3.12. The maximum Gasteiger partial charge on any atom is 0.238 e. The zero-order valence-corrected chi connectivity index (χ0v) is 12.1. The van der Waals surface area contributed by atoms with Crippen molar-refractivity contribution in [2.45, 2.75) is 0 Å². The van der Waals surface area contributed by atoms with E-state index in [1.807, 2.05) is 54.6 Å². The van der Waals surface area contributed by atoms with Crippen LogP contribution in [-0.2, 0) is 0 Å². The van der Waals surface area contributed by atoms with Crippen molar-refractivity contribution in [3.05, 3.63) is 64.7 Å². The van der Waals surface area contributed by atoms with Gasteiger partial charge in [0, 0.05) is 10.9 Å². The second-order valence-electron chi connectivity index (χ2n) is 5.12. The van der Waals surface area contributed by atoms with Crippen LogP contribution in [0.25, 0.3) is 12.3 Å². The minimum atomic E-state index is -0.0582. The Bertz CT molecular complexity index is 1010. The third kappa shape index (κ3) is 2.69. The highest BCUT2D eigenvalue weighted by Crippen LogP contribution is 2.20. The zero-order chi connectivity index (χ0) is 15.6. The van der Waals surface area contributed by atoms with E-state index in [1.165, 1.54) is 0 Å². The van der Waals surface area contributed by atoms with E-state index >= 15 is 0 Å². The number of H-pyrrole nitrogens is 1. The van der Waals surface area contributed by atoms with Gasteiger partial charge in [0.1, 0.15) is 5.69 Å². The molecule has 1 aromatic heterocycles. The van der Waals surface area contributed by atoms with Crippen molar-refractivity contribution < 1.29 is 5.11 Å². The number of rotatable bonds is 3. The molecule has 3 N–H and O–H groups in total. The lowest BCUT2D eigenvalue weighted by Crippen LogP contribution is -2.06. The topological polar surface area (TPSA) is 85.7 Å². The van der Waals surface area contributed by atoms with Gasteiger partial charge < -0.3 is 15.4 Å². The number of aromatic nitrogens is 2. The van der Waals surface area contributed by atoms with Crippen LogP contribution in [0.2, 0.25) is 0 Å². The van der Waals surface area contributed by atoms with Gasteiger partial charge in [-0.2, -0.15) is 15.2 Å². The number of para-hydroxylation sites is 1. The van der Waals surface area contributed by atoms with Crippen LogP contribution in [0.1, 0.15) is 5.69 Å². The summed E-state index contributed by atoms with van der Waals surface area (Å²) in [5.74, 6) is 0.422. The van der Waals surface area contributed by atoms with E-state index in [4.69, 9.17) is 0 Å². The summed E-state index contributed by atoms with van der Waals surface area (Å²) in [5, 5.41) is 22.9. The molecule has 4 rings (SSSR count). The molecule has 112 valence electrons. The molecular weight excluding hydrogens is 290 g/mol. The van der Waals surface area contributed by atoms with E-state index in [2.05, 4.69) is 25.5 Å². The van der Waals surface area contributed by atoms with Gasteiger partial charge in [-0.1, -0.05) is 30.3 Å². The van der Waals surface area contributed by atoms with Crippen molar-refractivity contribution in [3.63, 3.8) is 0 Å². The number of anilines is 2. The van der Waals surface area contributed by atoms with Crippen molar-refractivity contribution in [1.29, 1.82) is 0 Å². The highest BCUT2D eigenvalue weighted by molar-refractivity contribution is 5.60. The third-order valence-electron chi connectivity index (χ3n) is 3.48. The molecule has 0 aliphatic carbocycles. The van der Waals surface area contributed by atoms with Gasteiger partial charge in [-0.05, 0) is 29.5 Å². The number of benzene rings is 2. The predicted octanol–water partition coefficient (Wildman–Crippen LogP) is 2.52. The SMILES string of the molecule is Oc1nc(Nc2ccccc2)[nH]c1C=c1ccc2c(c1)N=NC=2. The smallest absolute Gasteiger partial charge is 0.238 e. The summed E-state index contributed by atoms with van der Waals surface area (Å²) >= 11 is 0. The Hall–Kier alpha value is -3.41. The maximum absolute atomic E-state index is 10.0. The summed E-state index contributed by atoms with van der Waals surface area (Å²) < 4.78 is 0. The Morgan fingerprint density at radius 1 is 1.09 bits per heavy atom. The van der Waals surface area contributed by atoms with Crippen LogP contribution in [0.3, 0.4) is 0 Å². The minimum Gasteiger partial charge on any atom is -0.492 e. The van der Waals surface area contributed by atoms with E-state index in [9.17, 15) is 5.11 Å². The van der Waals surface area contributed by atoms with Gasteiger partial charge in [0.25, 0.3) is 0 Å². The van der Waals surface area contributed by atoms with Crippen molar-refractivity contribution in [2.75, 3.05) is 5.32 Å². The molecular formula is C17H13N5O. The molecule has 0 unspecified atom stereocenters. The molecule has 23 heavy (non-hydrogen) atoms. The Labute approximate surface area is 131 Å². The van der Waals surface area contributed by atoms with E-state index in [-0.39, 0.29) is 5.88 Å².